The summed E-state index contributed by atoms with van der Waals surface area (Å²) in [5.74, 6) is 0. The van der Waals surface area contributed by atoms with Gasteiger partial charge in [0.15, 0.2) is 9.84 Å². The maximum Gasteiger partial charge on any atom is 0.175 e. The van der Waals surface area contributed by atoms with Crippen molar-refractivity contribution in [2.45, 2.75) is 43.9 Å². The fourth-order valence-electron chi connectivity index (χ4n) is 1.73. The van der Waals surface area contributed by atoms with E-state index >= 15 is 0 Å². The Morgan fingerprint density at radius 2 is 1.72 bits per heavy atom. The summed E-state index contributed by atoms with van der Waals surface area (Å²) in [7, 11) is -3.08. The lowest BCUT2D eigenvalue weighted by Crippen LogP contribution is -1.95. The van der Waals surface area contributed by atoms with Crippen molar-refractivity contribution in [3.05, 3.63) is 35.9 Å². The number of rotatable bonds is 7. The Kier molecular flexibility index (Phi) is 6.13. The topological polar surface area (TPSA) is 34.1 Å². The van der Waals surface area contributed by atoms with E-state index in [9.17, 15) is 8.42 Å². The van der Waals surface area contributed by atoms with Crippen LogP contribution in [0.25, 0.3) is 6.08 Å². The van der Waals surface area contributed by atoms with Crippen molar-refractivity contribution in [1.82, 2.24) is 0 Å². The van der Waals surface area contributed by atoms with Crippen LogP contribution in [0.4, 0.5) is 0 Å². The number of hydrogen-bond acceptors (Lipinski definition) is 2. The van der Waals surface area contributed by atoms with Gasteiger partial charge < -0.3 is 0 Å². The van der Waals surface area contributed by atoms with Gasteiger partial charge in [-0.05, 0) is 30.5 Å². The molecule has 0 spiro atoms. The average molecular weight is 266 g/mol. The van der Waals surface area contributed by atoms with Gasteiger partial charge in [-0.1, -0.05) is 50.5 Å². The lowest BCUT2D eigenvalue weighted by molar-refractivity contribution is 0.602. The minimum absolute atomic E-state index is 0.377. The molecule has 0 bridgehead atoms. The van der Waals surface area contributed by atoms with E-state index in [1.165, 1.54) is 31.9 Å². The molecule has 0 N–H and O–H groups in total. The van der Waals surface area contributed by atoms with Crippen LogP contribution in [0.2, 0.25) is 0 Å². The summed E-state index contributed by atoms with van der Waals surface area (Å²) < 4.78 is 22.6. The van der Waals surface area contributed by atoms with Gasteiger partial charge in [-0.2, -0.15) is 0 Å². The van der Waals surface area contributed by atoms with Crippen molar-refractivity contribution in [2.75, 3.05) is 6.26 Å². The summed E-state index contributed by atoms with van der Waals surface area (Å²) in [5, 5.41) is 0. The Labute approximate surface area is 111 Å². The van der Waals surface area contributed by atoms with Crippen LogP contribution in [0.5, 0.6) is 0 Å². The van der Waals surface area contributed by atoms with E-state index in [0.717, 1.165) is 12.0 Å². The Morgan fingerprint density at radius 3 is 2.28 bits per heavy atom. The molecule has 0 radical (unpaired) electrons. The second-order valence-corrected chi connectivity index (χ2v) is 6.61. The van der Waals surface area contributed by atoms with E-state index in [1.807, 2.05) is 12.1 Å². The molecule has 0 aliphatic rings. The lowest BCUT2D eigenvalue weighted by Gasteiger charge is -1.99. The molecule has 0 aromatic heterocycles. The van der Waals surface area contributed by atoms with Crippen molar-refractivity contribution in [3.8, 4) is 0 Å². The summed E-state index contributed by atoms with van der Waals surface area (Å²) in [6.07, 6.45) is 11.6. The van der Waals surface area contributed by atoms with Crippen LogP contribution in [-0.2, 0) is 9.84 Å². The molecule has 1 aromatic carbocycles. The summed E-state index contributed by atoms with van der Waals surface area (Å²) in [6, 6.07) is 7.01. The van der Waals surface area contributed by atoms with Gasteiger partial charge in [-0.25, -0.2) is 8.42 Å². The predicted octanol–water partition coefficient (Wildman–Crippen LogP) is 4.07. The molecule has 1 rings (SSSR count). The highest BCUT2D eigenvalue weighted by Crippen LogP contribution is 2.12. The van der Waals surface area contributed by atoms with Crippen molar-refractivity contribution in [3.63, 3.8) is 0 Å². The van der Waals surface area contributed by atoms with E-state index in [1.54, 1.807) is 12.1 Å². The first kappa shape index (κ1) is 15.0. The predicted molar refractivity (Wildman–Crippen MR) is 77.3 cm³/mol. The Morgan fingerprint density at radius 1 is 1.06 bits per heavy atom. The molecule has 0 saturated carbocycles. The summed E-state index contributed by atoms with van der Waals surface area (Å²) >= 11 is 0. The van der Waals surface area contributed by atoms with Gasteiger partial charge >= 0.3 is 0 Å². The largest absolute Gasteiger partial charge is 0.224 e. The Hall–Kier alpha value is -1.09. The summed E-state index contributed by atoms with van der Waals surface area (Å²) in [4.78, 5) is 0.377. The van der Waals surface area contributed by atoms with Crippen molar-refractivity contribution < 1.29 is 8.42 Å². The molecule has 0 atom stereocenters. The Balaban J connectivity index is 2.46. The summed E-state index contributed by atoms with van der Waals surface area (Å²) in [5.41, 5.74) is 1.05. The van der Waals surface area contributed by atoms with Gasteiger partial charge in [0.25, 0.3) is 0 Å². The monoisotopic (exact) mass is 266 g/mol. The van der Waals surface area contributed by atoms with E-state index in [0.29, 0.717) is 4.90 Å². The van der Waals surface area contributed by atoms with Crippen LogP contribution in [0.3, 0.4) is 0 Å². The molecular weight excluding hydrogens is 244 g/mol. The number of sulfone groups is 1. The minimum atomic E-state index is -3.08. The SMILES string of the molecule is CCCCCC/C=C/c1ccc(S(C)(=O)=O)cc1. The van der Waals surface area contributed by atoms with Gasteiger partial charge in [-0.3, -0.25) is 0 Å². The third kappa shape index (κ3) is 5.50. The molecule has 0 aliphatic heterocycles. The second-order valence-electron chi connectivity index (χ2n) is 4.59. The first-order valence-corrected chi connectivity index (χ1v) is 8.40. The zero-order chi connectivity index (χ0) is 13.4. The third-order valence-corrected chi connectivity index (χ3v) is 3.97. The molecule has 0 heterocycles. The fraction of sp³-hybridized carbons (Fsp3) is 0.467. The van der Waals surface area contributed by atoms with Gasteiger partial charge in [-0.15, -0.1) is 0 Å². The van der Waals surface area contributed by atoms with Crippen molar-refractivity contribution in [1.29, 1.82) is 0 Å². The van der Waals surface area contributed by atoms with E-state index < -0.39 is 9.84 Å². The quantitative estimate of drug-likeness (QED) is 0.697. The standard InChI is InChI=1S/C15H22O2S/c1-3-4-5-6-7-8-9-14-10-12-15(13-11-14)18(2,16)17/h8-13H,3-7H2,1-2H3/b9-8+. The maximum absolute atomic E-state index is 11.3. The van der Waals surface area contributed by atoms with Crippen LogP contribution in [-0.4, -0.2) is 14.7 Å². The smallest absolute Gasteiger partial charge is 0.175 e. The van der Waals surface area contributed by atoms with Crippen LogP contribution < -0.4 is 0 Å². The van der Waals surface area contributed by atoms with Crippen molar-refractivity contribution in [2.24, 2.45) is 0 Å². The average Bonchev–Trinajstić information content (AvgIpc) is 2.33. The highest BCUT2D eigenvalue weighted by Gasteiger charge is 2.04. The first-order valence-electron chi connectivity index (χ1n) is 6.50. The van der Waals surface area contributed by atoms with E-state index in [2.05, 4.69) is 19.1 Å². The molecule has 100 valence electrons. The molecule has 3 heteroatoms. The van der Waals surface area contributed by atoms with Gasteiger partial charge in [0, 0.05) is 6.26 Å². The van der Waals surface area contributed by atoms with Crippen LogP contribution in [0.15, 0.2) is 35.2 Å². The molecule has 1 aromatic rings. The third-order valence-electron chi connectivity index (χ3n) is 2.84. The number of benzene rings is 1. The maximum atomic E-state index is 11.3. The van der Waals surface area contributed by atoms with Crippen LogP contribution in [0, 0.1) is 0 Å². The lowest BCUT2D eigenvalue weighted by atomic mass is 10.1. The van der Waals surface area contributed by atoms with Gasteiger partial charge in [0.2, 0.25) is 0 Å². The van der Waals surface area contributed by atoms with Crippen molar-refractivity contribution >= 4 is 15.9 Å². The molecule has 0 aliphatic carbocycles. The second kappa shape index (κ2) is 7.37. The normalized spacial score (nSPS) is 12.1. The molecule has 0 amide bonds. The highest BCUT2D eigenvalue weighted by atomic mass is 32.2. The summed E-state index contributed by atoms with van der Waals surface area (Å²) in [6.45, 7) is 2.21. The zero-order valence-corrected chi connectivity index (χ0v) is 12.0. The number of unbranched alkanes of at least 4 members (excludes halogenated alkanes) is 4. The Bertz CT molecular complexity index is 470. The number of allylic oxidation sites excluding steroid dienone is 1. The first-order chi connectivity index (χ1) is 8.54. The molecule has 0 saturated heterocycles. The molecule has 2 nitrogen and oxygen atoms in total. The van der Waals surface area contributed by atoms with Crippen LogP contribution in [0.1, 0.15) is 44.6 Å². The van der Waals surface area contributed by atoms with Crippen LogP contribution >= 0.6 is 0 Å². The highest BCUT2D eigenvalue weighted by molar-refractivity contribution is 7.90. The molecular formula is C15H22O2S. The van der Waals surface area contributed by atoms with Gasteiger partial charge in [0.05, 0.1) is 4.90 Å². The minimum Gasteiger partial charge on any atom is -0.224 e. The fourth-order valence-corrected chi connectivity index (χ4v) is 2.36. The van der Waals surface area contributed by atoms with E-state index in [4.69, 9.17) is 0 Å². The van der Waals surface area contributed by atoms with E-state index in [-0.39, 0.29) is 0 Å². The van der Waals surface area contributed by atoms with Gasteiger partial charge in [0.1, 0.15) is 0 Å². The zero-order valence-electron chi connectivity index (χ0n) is 11.2. The number of hydrogen-bond donors (Lipinski definition) is 0. The molecule has 18 heavy (non-hydrogen) atoms. The molecule has 0 unspecified atom stereocenters. The molecule has 0 fully saturated rings.